The average Bonchev–Trinajstić information content (AvgIpc) is 3.05. The zero-order valence-corrected chi connectivity index (χ0v) is 20.6. The van der Waals surface area contributed by atoms with Gasteiger partial charge in [-0.05, 0) is 59.9 Å². The summed E-state index contributed by atoms with van der Waals surface area (Å²) in [6, 6.07) is 19.2. The molecule has 1 heterocycles. The van der Waals surface area contributed by atoms with Gasteiger partial charge in [0.2, 0.25) is 5.75 Å². The Hall–Kier alpha value is -3.64. The van der Waals surface area contributed by atoms with E-state index in [-0.39, 0.29) is 17.7 Å². The highest BCUT2D eigenvalue weighted by molar-refractivity contribution is 6.30. The van der Waals surface area contributed by atoms with Crippen molar-refractivity contribution in [2.45, 2.75) is 24.8 Å². The number of nitrogens with one attached hydrogen (secondary N) is 2. The van der Waals surface area contributed by atoms with Crippen LogP contribution in [0.4, 0.5) is 11.4 Å². The Balaban J connectivity index is 1.59. The molecule has 0 radical (unpaired) electrons. The molecule has 0 spiro atoms. The third kappa shape index (κ3) is 4.30. The number of anilines is 2. The lowest BCUT2D eigenvalue weighted by atomic mass is 9.78. The lowest BCUT2D eigenvalue weighted by molar-refractivity contribution is -0.116. The van der Waals surface area contributed by atoms with Gasteiger partial charge < -0.3 is 24.8 Å². The highest BCUT2D eigenvalue weighted by Crippen LogP contribution is 2.47. The van der Waals surface area contributed by atoms with Crippen LogP contribution in [0.5, 0.6) is 17.2 Å². The summed E-state index contributed by atoms with van der Waals surface area (Å²) in [6.07, 6.45) is 1.04. The van der Waals surface area contributed by atoms with Gasteiger partial charge in [0.25, 0.3) is 0 Å². The van der Waals surface area contributed by atoms with Gasteiger partial charge in [0.1, 0.15) is 0 Å². The van der Waals surface area contributed by atoms with Crippen LogP contribution in [0.1, 0.15) is 35.9 Å². The van der Waals surface area contributed by atoms with Crippen molar-refractivity contribution >= 4 is 28.8 Å². The average molecular weight is 491 g/mol. The summed E-state index contributed by atoms with van der Waals surface area (Å²) in [5, 5.41) is 7.82. The summed E-state index contributed by atoms with van der Waals surface area (Å²) >= 11 is 6.15. The smallest absolute Gasteiger partial charge is 0.203 e. The molecule has 2 N–H and O–H groups in total. The Morgan fingerprint density at radius 2 is 1.49 bits per heavy atom. The van der Waals surface area contributed by atoms with Crippen LogP contribution in [0.15, 0.2) is 71.9 Å². The van der Waals surface area contributed by atoms with Gasteiger partial charge in [0.15, 0.2) is 17.3 Å². The van der Waals surface area contributed by atoms with E-state index in [2.05, 4.69) is 10.6 Å². The molecule has 0 amide bonds. The number of para-hydroxylation sites is 2. The van der Waals surface area contributed by atoms with Crippen LogP contribution in [-0.2, 0) is 4.79 Å². The minimum Gasteiger partial charge on any atom is -0.493 e. The number of hydrogen-bond acceptors (Lipinski definition) is 6. The summed E-state index contributed by atoms with van der Waals surface area (Å²) in [5.41, 5.74) is 5.51. The second-order valence-corrected chi connectivity index (χ2v) is 9.12. The molecule has 0 bridgehead atoms. The molecule has 3 aromatic carbocycles. The number of carbonyl (C=O) groups excluding carboxylic acids is 1. The zero-order chi connectivity index (χ0) is 24.5. The van der Waals surface area contributed by atoms with Crippen molar-refractivity contribution in [3.05, 3.63) is 88.1 Å². The number of carbonyl (C=O) groups is 1. The first kappa shape index (κ1) is 23.1. The van der Waals surface area contributed by atoms with Crippen molar-refractivity contribution in [3.63, 3.8) is 0 Å². The molecule has 6 nitrogen and oxygen atoms in total. The van der Waals surface area contributed by atoms with Gasteiger partial charge >= 0.3 is 0 Å². The Labute approximate surface area is 209 Å². The van der Waals surface area contributed by atoms with E-state index in [1.807, 2.05) is 60.7 Å². The SMILES string of the molecule is COc1cc([C@@H]2CC(=O)C3=C(C2)Nc2ccccc2N[C@@H]3c2ccc(Cl)cc2)cc(OC)c1OC. The molecule has 0 fully saturated rings. The predicted molar refractivity (Wildman–Crippen MR) is 138 cm³/mol. The van der Waals surface area contributed by atoms with Gasteiger partial charge in [-0.3, -0.25) is 4.79 Å². The Bertz CT molecular complexity index is 1280. The maximum atomic E-state index is 13.7. The summed E-state index contributed by atoms with van der Waals surface area (Å²) in [4.78, 5) is 13.7. The molecular formula is C28H27ClN2O4. The fourth-order valence-corrected chi connectivity index (χ4v) is 5.10. The second-order valence-electron chi connectivity index (χ2n) is 8.68. The van der Waals surface area contributed by atoms with Crippen LogP contribution < -0.4 is 24.8 Å². The first-order valence-electron chi connectivity index (χ1n) is 11.5. The standard InChI is InChI=1S/C28H27ClN2O4/c1-33-24-14-18(15-25(34-2)28(24)35-3)17-12-22-26(23(32)13-17)27(16-8-10-19(29)11-9-16)31-21-7-5-4-6-20(21)30-22/h4-11,14-15,17,27,30-31H,12-13H2,1-3H3/t17-,27+/m0/s1. The van der Waals surface area contributed by atoms with Crippen LogP contribution in [0.3, 0.4) is 0 Å². The summed E-state index contributed by atoms with van der Waals surface area (Å²) in [7, 11) is 4.78. The van der Waals surface area contributed by atoms with E-state index in [0.717, 1.165) is 33.8 Å². The van der Waals surface area contributed by atoms with Crippen molar-refractivity contribution in [2.75, 3.05) is 32.0 Å². The number of rotatable bonds is 5. The number of ketones is 1. The molecule has 2 aliphatic rings. The topological polar surface area (TPSA) is 68.8 Å². The highest BCUT2D eigenvalue weighted by atomic mass is 35.5. The number of benzene rings is 3. The van der Waals surface area contributed by atoms with Crippen molar-refractivity contribution < 1.29 is 19.0 Å². The molecule has 2 atom stereocenters. The lowest BCUT2D eigenvalue weighted by Gasteiger charge is -2.30. The van der Waals surface area contributed by atoms with E-state index < -0.39 is 0 Å². The first-order chi connectivity index (χ1) is 17.0. The van der Waals surface area contributed by atoms with E-state index in [0.29, 0.717) is 35.1 Å². The molecule has 0 aromatic heterocycles. The maximum absolute atomic E-state index is 13.7. The number of halogens is 1. The molecule has 1 aliphatic heterocycles. The molecule has 0 unspecified atom stereocenters. The van der Waals surface area contributed by atoms with Gasteiger partial charge in [-0.25, -0.2) is 0 Å². The molecule has 0 saturated heterocycles. The van der Waals surface area contributed by atoms with E-state index in [9.17, 15) is 4.79 Å². The van der Waals surface area contributed by atoms with Crippen LogP contribution in [0.25, 0.3) is 0 Å². The summed E-state index contributed by atoms with van der Waals surface area (Å²) in [6.45, 7) is 0. The van der Waals surface area contributed by atoms with Gasteiger partial charge in [-0.15, -0.1) is 0 Å². The van der Waals surface area contributed by atoms with Crippen molar-refractivity contribution in [3.8, 4) is 17.2 Å². The summed E-state index contributed by atoms with van der Waals surface area (Å²) in [5.74, 6) is 1.74. The third-order valence-corrected chi connectivity index (χ3v) is 6.92. The Morgan fingerprint density at radius 3 is 2.11 bits per heavy atom. The van der Waals surface area contributed by atoms with E-state index in [4.69, 9.17) is 25.8 Å². The number of methoxy groups -OCH3 is 3. The van der Waals surface area contributed by atoms with Crippen LogP contribution in [-0.4, -0.2) is 27.1 Å². The molecule has 7 heteroatoms. The number of fused-ring (bicyclic) bond motifs is 1. The van der Waals surface area contributed by atoms with Crippen LogP contribution >= 0.6 is 11.6 Å². The number of Topliss-reactive ketones (excluding diaryl/α,β-unsaturated/α-hetero) is 1. The minimum atomic E-state index is -0.285. The number of hydrogen-bond donors (Lipinski definition) is 2. The number of allylic oxidation sites excluding steroid dienone is 1. The van der Waals surface area contributed by atoms with E-state index >= 15 is 0 Å². The van der Waals surface area contributed by atoms with Gasteiger partial charge in [-0.1, -0.05) is 35.9 Å². The molecule has 180 valence electrons. The molecule has 3 aromatic rings. The van der Waals surface area contributed by atoms with Gasteiger partial charge in [-0.2, -0.15) is 0 Å². The van der Waals surface area contributed by atoms with Crippen LogP contribution in [0.2, 0.25) is 5.02 Å². The highest BCUT2D eigenvalue weighted by Gasteiger charge is 2.36. The normalized spacial score (nSPS) is 19.0. The van der Waals surface area contributed by atoms with Crippen molar-refractivity contribution in [1.29, 1.82) is 0 Å². The quantitative estimate of drug-likeness (QED) is 0.434. The largest absolute Gasteiger partial charge is 0.493 e. The second kappa shape index (κ2) is 9.55. The molecule has 1 aliphatic carbocycles. The van der Waals surface area contributed by atoms with Crippen LogP contribution in [0, 0.1) is 0 Å². The van der Waals surface area contributed by atoms with Gasteiger partial charge in [0.05, 0.1) is 38.7 Å². The van der Waals surface area contributed by atoms with Crippen molar-refractivity contribution in [1.82, 2.24) is 0 Å². The molecule has 0 saturated carbocycles. The molecular weight excluding hydrogens is 464 g/mol. The summed E-state index contributed by atoms with van der Waals surface area (Å²) < 4.78 is 16.6. The fourth-order valence-electron chi connectivity index (χ4n) is 4.97. The Morgan fingerprint density at radius 1 is 0.829 bits per heavy atom. The first-order valence-corrected chi connectivity index (χ1v) is 11.8. The van der Waals surface area contributed by atoms with Gasteiger partial charge in [0, 0.05) is 22.7 Å². The molecule has 35 heavy (non-hydrogen) atoms. The number of ether oxygens (including phenoxy) is 3. The maximum Gasteiger partial charge on any atom is 0.203 e. The molecule has 5 rings (SSSR count). The zero-order valence-electron chi connectivity index (χ0n) is 19.9. The fraction of sp³-hybridized carbons (Fsp3) is 0.250. The predicted octanol–water partition coefficient (Wildman–Crippen LogP) is 6.35. The van der Waals surface area contributed by atoms with Crippen molar-refractivity contribution in [2.24, 2.45) is 0 Å². The lowest BCUT2D eigenvalue weighted by Crippen LogP contribution is -2.26. The van der Waals surface area contributed by atoms with E-state index in [1.165, 1.54) is 0 Å². The monoisotopic (exact) mass is 490 g/mol. The minimum absolute atomic E-state index is 0.0430. The van der Waals surface area contributed by atoms with E-state index in [1.54, 1.807) is 21.3 Å². The Kier molecular flexibility index (Phi) is 6.31. The third-order valence-electron chi connectivity index (χ3n) is 6.67.